The van der Waals surface area contributed by atoms with Gasteiger partial charge in [-0.3, -0.25) is 0 Å². The minimum atomic E-state index is -0.485. The van der Waals surface area contributed by atoms with Gasteiger partial charge >= 0.3 is 0 Å². The Hall–Kier alpha value is -0.640. The van der Waals surface area contributed by atoms with Gasteiger partial charge in [-0.2, -0.15) is 0 Å². The van der Waals surface area contributed by atoms with E-state index in [0.717, 1.165) is 13.0 Å². The molecule has 1 aromatic rings. The lowest BCUT2D eigenvalue weighted by molar-refractivity contribution is 0.128. The monoisotopic (exact) mass is 258 g/mol. The molecule has 0 amide bonds. The van der Waals surface area contributed by atoms with E-state index in [1.807, 2.05) is 0 Å². The summed E-state index contributed by atoms with van der Waals surface area (Å²) in [7, 11) is 0. The third-order valence-electron chi connectivity index (χ3n) is 3.12. The summed E-state index contributed by atoms with van der Waals surface area (Å²) in [6.07, 6.45) is 1.59. The van der Waals surface area contributed by atoms with Crippen LogP contribution in [0.3, 0.4) is 0 Å². The highest BCUT2D eigenvalue weighted by Gasteiger charge is 2.20. The Labute approximate surface area is 105 Å². The van der Waals surface area contributed by atoms with Crippen LogP contribution in [-0.2, 0) is 11.2 Å². The van der Waals surface area contributed by atoms with Crippen molar-refractivity contribution in [2.75, 3.05) is 13.2 Å². The van der Waals surface area contributed by atoms with E-state index in [-0.39, 0.29) is 5.02 Å². The molecule has 1 heterocycles. The lowest BCUT2D eigenvalue weighted by atomic mass is 9.96. The maximum Gasteiger partial charge on any atom is 0.142 e. The van der Waals surface area contributed by atoms with Gasteiger partial charge in [0.2, 0.25) is 0 Å². The molecule has 17 heavy (non-hydrogen) atoms. The van der Waals surface area contributed by atoms with E-state index in [2.05, 4.69) is 0 Å². The predicted octanol–water partition coefficient (Wildman–Crippen LogP) is 2.81. The Morgan fingerprint density at radius 1 is 1.53 bits per heavy atom. The van der Waals surface area contributed by atoms with Crippen LogP contribution in [-0.4, -0.2) is 24.4 Å². The molecule has 1 aromatic carbocycles. The van der Waals surface area contributed by atoms with Crippen molar-refractivity contribution < 1.29 is 14.2 Å². The summed E-state index contributed by atoms with van der Waals surface area (Å²) in [5.74, 6) is -0.0158. The Morgan fingerprint density at radius 2 is 2.35 bits per heavy atom. The van der Waals surface area contributed by atoms with Crippen molar-refractivity contribution in [2.45, 2.75) is 25.4 Å². The highest BCUT2D eigenvalue weighted by atomic mass is 35.5. The maximum absolute atomic E-state index is 13.2. The molecule has 0 aromatic heterocycles. The zero-order chi connectivity index (χ0) is 12.3. The number of aliphatic hydroxyl groups is 1. The second-order valence-corrected chi connectivity index (χ2v) is 4.91. The molecule has 2 rings (SSSR count). The Morgan fingerprint density at radius 3 is 3.06 bits per heavy atom. The molecule has 4 heteroatoms. The van der Waals surface area contributed by atoms with E-state index >= 15 is 0 Å². The highest BCUT2D eigenvalue weighted by Crippen LogP contribution is 2.24. The van der Waals surface area contributed by atoms with Crippen molar-refractivity contribution in [3.63, 3.8) is 0 Å². The molecule has 0 spiro atoms. The molecule has 94 valence electrons. The van der Waals surface area contributed by atoms with E-state index in [4.69, 9.17) is 16.3 Å². The summed E-state index contributed by atoms with van der Waals surface area (Å²) in [5.41, 5.74) is 0.665. The maximum atomic E-state index is 13.2. The third kappa shape index (κ3) is 3.41. The summed E-state index contributed by atoms with van der Waals surface area (Å²) in [6.45, 7) is 1.49. The van der Waals surface area contributed by atoms with Gasteiger partial charge in [0, 0.05) is 13.2 Å². The highest BCUT2D eigenvalue weighted by molar-refractivity contribution is 6.31. The lowest BCUT2D eigenvalue weighted by Crippen LogP contribution is -2.16. The summed E-state index contributed by atoms with van der Waals surface area (Å²) in [6, 6.07) is 4.69. The quantitative estimate of drug-likeness (QED) is 0.900. The zero-order valence-corrected chi connectivity index (χ0v) is 10.3. The first-order valence-electron chi connectivity index (χ1n) is 5.85. The molecule has 1 N–H and O–H groups in total. The molecule has 2 nitrogen and oxygen atoms in total. The molecule has 0 aliphatic carbocycles. The SMILES string of the molecule is OC(Cc1cccc(F)c1Cl)CC1CCOC1. The van der Waals surface area contributed by atoms with E-state index in [0.29, 0.717) is 30.9 Å². The number of aliphatic hydroxyl groups excluding tert-OH is 1. The minimum Gasteiger partial charge on any atom is -0.393 e. The Balaban J connectivity index is 1.93. The van der Waals surface area contributed by atoms with Crippen LogP contribution in [0.4, 0.5) is 4.39 Å². The summed E-state index contributed by atoms with van der Waals surface area (Å²) in [4.78, 5) is 0. The second-order valence-electron chi connectivity index (χ2n) is 4.54. The normalized spacial score (nSPS) is 21.7. The number of halogens is 2. The zero-order valence-electron chi connectivity index (χ0n) is 9.53. The smallest absolute Gasteiger partial charge is 0.142 e. The molecule has 2 atom stereocenters. The topological polar surface area (TPSA) is 29.5 Å². The van der Waals surface area contributed by atoms with E-state index < -0.39 is 11.9 Å². The first-order chi connectivity index (χ1) is 8.16. The summed E-state index contributed by atoms with van der Waals surface area (Å²) >= 11 is 5.84. The molecule has 0 bridgehead atoms. The average molecular weight is 259 g/mol. The van der Waals surface area contributed by atoms with Crippen LogP contribution >= 0.6 is 11.6 Å². The van der Waals surface area contributed by atoms with Crippen LogP contribution in [0.25, 0.3) is 0 Å². The molecule has 2 unspecified atom stereocenters. The Bertz CT molecular complexity index is 378. The second kappa shape index (κ2) is 5.80. The first kappa shape index (κ1) is 12.8. The Kier molecular flexibility index (Phi) is 4.37. The van der Waals surface area contributed by atoms with Gasteiger partial charge in [-0.25, -0.2) is 4.39 Å². The molecule has 0 radical (unpaired) electrons. The minimum absolute atomic E-state index is 0.120. The fourth-order valence-corrected chi connectivity index (χ4v) is 2.40. The largest absolute Gasteiger partial charge is 0.393 e. The van der Waals surface area contributed by atoms with E-state index in [9.17, 15) is 9.50 Å². The fraction of sp³-hybridized carbons (Fsp3) is 0.538. The number of ether oxygens (including phenoxy) is 1. The lowest BCUT2D eigenvalue weighted by Gasteiger charge is -2.15. The molecule has 1 saturated heterocycles. The predicted molar refractivity (Wildman–Crippen MR) is 64.7 cm³/mol. The number of rotatable bonds is 4. The third-order valence-corrected chi connectivity index (χ3v) is 3.54. The van der Waals surface area contributed by atoms with Gasteiger partial charge in [-0.1, -0.05) is 23.7 Å². The summed E-state index contributed by atoms with van der Waals surface area (Å²) < 4.78 is 18.5. The van der Waals surface area contributed by atoms with Crippen LogP contribution in [0.1, 0.15) is 18.4 Å². The average Bonchev–Trinajstić information content (AvgIpc) is 2.77. The fourth-order valence-electron chi connectivity index (χ4n) is 2.20. The first-order valence-corrected chi connectivity index (χ1v) is 6.23. The van der Waals surface area contributed by atoms with Gasteiger partial charge in [-0.05, 0) is 36.8 Å². The molecular weight excluding hydrogens is 243 g/mol. The molecule has 0 saturated carbocycles. The number of hydrogen-bond acceptors (Lipinski definition) is 2. The van der Waals surface area contributed by atoms with Crippen LogP contribution < -0.4 is 0 Å². The van der Waals surface area contributed by atoms with Gasteiger partial charge in [-0.15, -0.1) is 0 Å². The van der Waals surface area contributed by atoms with Crippen LogP contribution in [0.15, 0.2) is 18.2 Å². The van der Waals surface area contributed by atoms with Crippen molar-refractivity contribution in [3.05, 3.63) is 34.6 Å². The van der Waals surface area contributed by atoms with Gasteiger partial charge in [0.15, 0.2) is 0 Å². The van der Waals surface area contributed by atoms with Crippen LogP contribution in [0, 0.1) is 11.7 Å². The van der Waals surface area contributed by atoms with Crippen molar-refractivity contribution in [2.24, 2.45) is 5.92 Å². The molecule has 1 fully saturated rings. The van der Waals surface area contributed by atoms with Gasteiger partial charge in [0.1, 0.15) is 5.82 Å². The van der Waals surface area contributed by atoms with E-state index in [1.165, 1.54) is 6.07 Å². The van der Waals surface area contributed by atoms with Gasteiger partial charge < -0.3 is 9.84 Å². The van der Waals surface area contributed by atoms with Gasteiger partial charge in [0.05, 0.1) is 11.1 Å². The van der Waals surface area contributed by atoms with Crippen molar-refractivity contribution in [1.82, 2.24) is 0 Å². The van der Waals surface area contributed by atoms with Crippen molar-refractivity contribution in [3.8, 4) is 0 Å². The van der Waals surface area contributed by atoms with Crippen molar-refractivity contribution >= 4 is 11.6 Å². The number of hydrogen-bond donors (Lipinski definition) is 1. The van der Waals surface area contributed by atoms with Crippen LogP contribution in [0.5, 0.6) is 0 Å². The number of benzene rings is 1. The molecule has 1 aliphatic heterocycles. The van der Waals surface area contributed by atoms with Gasteiger partial charge in [0.25, 0.3) is 0 Å². The van der Waals surface area contributed by atoms with Crippen molar-refractivity contribution in [1.29, 1.82) is 0 Å². The summed E-state index contributed by atoms with van der Waals surface area (Å²) in [5, 5.41) is 10.1. The molecule has 1 aliphatic rings. The van der Waals surface area contributed by atoms with E-state index in [1.54, 1.807) is 12.1 Å². The standard InChI is InChI=1S/C13H16ClFO2/c14-13-10(2-1-3-12(13)15)7-11(16)6-9-4-5-17-8-9/h1-3,9,11,16H,4-8H2. The molecular formula is C13H16ClFO2. The van der Waals surface area contributed by atoms with Crippen LogP contribution in [0.2, 0.25) is 5.02 Å².